The summed E-state index contributed by atoms with van der Waals surface area (Å²) in [4.78, 5) is 14.3. The van der Waals surface area contributed by atoms with Crippen molar-refractivity contribution in [3.63, 3.8) is 0 Å². The second-order valence-electron chi connectivity index (χ2n) is 4.93. The largest absolute Gasteiger partial charge is 0.334 e. The summed E-state index contributed by atoms with van der Waals surface area (Å²) in [6.45, 7) is 2.05. The summed E-state index contributed by atoms with van der Waals surface area (Å²) in [7, 11) is 0. The van der Waals surface area contributed by atoms with E-state index in [0.29, 0.717) is 23.9 Å². The van der Waals surface area contributed by atoms with E-state index in [1.54, 1.807) is 0 Å². The van der Waals surface area contributed by atoms with Gasteiger partial charge in [0.15, 0.2) is 0 Å². The fourth-order valence-corrected chi connectivity index (χ4v) is 3.22. The fourth-order valence-electron chi connectivity index (χ4n) is 3.22. The minimum absolute atomic E-state index is 0.374. The lowest BCUT2D eigenvalue weighted by molar-refractivity contribution is -0.151. The normalized spacial score (nSPS) is 37.0. The molecule has 2 aliphatic heterocycles. The fraction of sp³-hybridized carbons (Fsp3) is 0.909. The number of hydrogen-bond acceptors (Lipinski definition) is 2. The number of nitrogens with zero attached hydrogens (tertiary/aromatic N) is 1. The zero-order valence-corrected chi connectivity index (χ0v) is 8.54. The minimum atomic E-state index is 0.374. The van der Waals surface area contributed by atoms with Crippen molar-refractivity contribution in [1.29, 1.82) is 0 Å². The maximum absolute atomic E-state index is 12.1. The smallest absolute Gasteiger partial charge is 0.226 e. The molecule has 14 heavy (non-hydrogen) atoms. The summed E-state index contributed by atoms with van der Waals surface area (Å²) in [6, 6.07) is 1.06. The Labute approximate surface area is 84.8 Å². The lowest BCUT2D eigenvalue weighted by Gasteiger charge is -2.53. The number of nitrogens with one attached hydrogen (secondary N) is 1. The highest BCUT2D eigenvalue weighted by Gasteiger charge is 2.46. The number of carbonyl (C=O) groups is 1. The third kappa shape index (κ3) is 1.18. The van der Waals surface area contributed by atoms with Crippen LogP contribution < -0.4 is 5.32 Å². The molecule has 1 aliphatic carbocycles. The zero-order chi connectivity index (χ0) is 9.54. The van der Waals surface area contributed by atoms with Crippen molar-refractivity contribution in [2.45, 2.75) is 44.2 Å². The molecule has 3 rings (SSSR count). The molecule has 3 aliphatic rings. The van der Waals surface area contributed by atoms with E-state index in [4.69, 9.17) is 0 Å². The van der Waals surface area contributed by atoms with E-state index in [1.807, 2.05) is 0 Å². The van der Waals surface area contributed by atoms with E-state index in [9.17, 15) is 4.79 Å². The Morgan fingerprint density at radius 2 is 1.79 bits per heavy atom. The van der Waals surface area contributed by atoms with Gasteiger partial charge in [0.25, 0.3) is 0 Å². The first-order valence-electron chi connectivity index (χ1n) is 5.89. The average Bonchev–Trinajstić information content (AvgIpc) is 2.71. The van der Waals surface area contributed by atoms with Crippen molar-refractivity contribution < 1.29 is 4.79 Å². The molecule has 0 spiro atoms. The number of hydrogen-bond donors (Lipinski definition) is 1. The first kappa shape index (κ1) is 8.72. The molecular formula is C11H18N2O. The third-order valence-electron chi connectivity index (χ3n) is 4.05. The van der Waals surface area contributed by atoms with Crippen LogP contribution >= 0.6 is 0 Å². The number of fused-ring (bicyclic) bond motifs is 2. The first-order chi connectivity index (χ1) is 6.86. The Hall–Kier alpha value is -0.570. The second-order valence-corrected chi connectivity index (χ2v) is 4.93. The number of rotatable bonds is 1. The Morgan fingerprint density at radius 1 is 1.14 bits per heavy atom. The minimum Gasteiger partial charge on any atom is -0.334 e. The van der Waals surface area contributed by atoms with Crippen LogP contribution in [0.15, 0.2) is 0 Å². The second kappa shape index (κ2) is 3.23. The van der Waals surface area contributed by atoms with Crippen LogP contribution in [-0.4, -0.2) is 36.0 Å². The lowest BCUT2D eigenvalue weighted by atomic mass is 9.86. The Bertz CT molecular complexity index is 234. The topological polar surface area (TPSA) is 32.3 Å². The molecule has 2 heterocycles. The number of carbonyl (C=O) groups excluding carboxylic acids is 1. The van der Waals surface area contributed by atoms with Gasteiger partial charge in [-0.05, 0) is 19.3 Å². The van der Waals surface area contributed by atoms with E-state index in [2.05, 4.69) is 10.2 Å². The van der Waals surface area contributed by atoms with Gasteiger partial charge in [0, 0.05) is 31.1 Å². The average molecular weight is 194 g/mol. The van der Waals surface area contributed by atoms with Gasteiger partial charge in [0.1, 0.15) is 0 Å². The molecule has 3 nitrogen and oxygen atoms in total. The molecule has 2 atom stereocenters. The van der Waals surface area contributed by atoms with Gasteiger partial charge >= 0.3 is 0 Å². The summed E-state index contributed by atoms with van der Waals surface area (Å²) >= 11 is 0. The highest BCUT2D eigenvalue weighted by molar-refractivity contribution is 5.80. The number of amides is 1. The molecular weight excluding hydrogens is 176 g/mol. The van der Waals surface area contributed by atoms with Gasteiger partial charge in [-0.25, -0.2) is 0 Å². The Kier molecular flexibility index (Phi) is 2.01. The molecule has 0 aromatic carbocycles. The third-order valence-corrected chi connectivity index (χ3v) is 4.05. The van der Waals surface area contributed by atoms with Gasteiger partial charge in [0.05, 0.1) is 0 Å². The van der Waals surface area contributed by atoms with Crippen molar-refractivity contribution in [1.82, 2.24) is 10.2 Å². The maximum atomic E-state index is 12.1. The van der Waals surface area contributed by atoms with E-state index in [-0.39, 0.29) is 0 Å². The zero-order valence-electron chi connectivity index (χ0n) is 8.54. The SMILES string of the molecule is O=C(C1CCCC1)N1[C@@H]2CNC[C@H]1C2. The molecule has 0 aromatic rings. The molecule has 3 fully saturated rings. The van der Waals surface area contributed by atoms with Gasteiger partial charge in [-0.1, -0.05) is 12.8 Å². The highest BCUT2D eigenvalue weighted by atomic mass is 16.2. The molecule has 1 saturated carbocycles. The summed E-state index contributed by atoms with van der Waals surface area (Å²) < 4.78 is 0. The quantitative estimate of drug-likeness (QED) is 0.668. The standard InChI is InChI=1S/C11H18N2O/c14-11(8-3-1-2-4-8)13-9-5-10(13)7-12-6-9/h8-10,12H,1-7H2/t9-,10+. The summed E-state index contributed by atoms with van der Waals surface area (Å²) in [5.74, 6) is 0.837. The molecule has 0 aromatic heterocycles. The molecule has 1 amide bonds. The van der Waals surface area contributed by atoms with Crippen LogP contribution in [0.5, 0.6) is 0 Å². The van der Waals surface area contributed by atoms with Crippen LogP contribution in [0.1, 0.15) is 32.1 Å². The van der Waals surface area contributed by atoms with Crippen LogP contribution in [0.2, 0.25) is 0 Å². The molecule has 1 N–H and O–H groups in total. The molecule has 78 valence electrons. The molecule has 0 unspecified atom stereocenters. The van der Waals surface area contributed by atoms with Gasteiger partial charge < -0.3 is 10.2 Å². The molecule has 0 radical (unpaired) electrons. The lowest BCUT2D eigenvalue weighted by Crippen LogP contribution is -2.70. The number of piperazine rings is 1. The first-order valence-corrected chi connectivity index (χ1v) is 5.89. The van der Waals surface area contributed by atoms with Crippen molar-refractivity contribution in [3.05, 3.63) is 0 Å². The van der Waals surface area contributed by atoms with Crippen LogP contribution in [0.4, 0.5) is 0 Å². The van der Waals surface area contributed by atoms with Crippen LogP contribution in [0, 0.1) is 5.92 Å². The van der Waals surface area contributed by atoms with Gasteiger partial charge in [0.2, 0.25) is 5.91 Å². The predicted octanol–water partition coefficient (Wildman–Crippen LogP) is 0.749. The van der Waals surface area contributed by atoms with E-state index < -0.39 is 0 Å². The van der Waals surface area contributed by atoms with Crippen molar-refractivity contribution in [2.75, 3.05) is 13.1 Å². The van der Waals surface area contributed by atoms with Crippen molar-refractivity contribution in [2.24, 2.45) is 5.92 Å². The van der Waals surface area contributed by atoms with Crippen molar-refractivity contribution >= 4 is 5.91 Å². The van der Waals surface area contributed by atoms with E-state index in [1.165, 1.54) is 19.3 Å². The number of piperidine rings is 1. The Morgan fingerprint density at radius 3 is 2.36 bits per heavy atom. The monoisotopic (exact) mass is 194 g/mol. The van der Waals surface area contributed by atoms with Gasteiger partial charge in [-0.3, -0.25) is 4.79 Å². The van der Waals surface area contributed by atoms with Gasteiger partial charge in [-0.15, -0.1) is 0 Å². The van der Waals surface area contributed by atoms with Crippen molar-refractivity contribution in [3.8, 4) is 0 Å². The molecule has 2 bridgehead atoms. The van der Waals surface area contributed by atoms with Crippen LogP contribution in [0.25, 0.3) is 0 Å². The van der Waals surface area contributed by atoms with Crippen LogP contribution in [-0.2, 0) is 4.79 Å². The van der Waals surface area contributed by atoms with Gasteiger partial charge in [-0.2, -0.15) is 0 Å². The molecule has 2 saturated heterocycles. The summed E-state index contributed by atoms with van der Waals surface area (Å²) in [5.41, 5.74) is 0. The Balaban J connectivity index is 1.67. The summed E-state index contributed by atoms with van der Waals surface area (Å²) in [6.07, 6.45) is 6.05. The van der Waals surface area contributed by atoms with E-state index in [0.717, 1.165) is 25.9 Å². The van der Waals surface area contributed by atoms with Crippen LogP contribution in [0.3, 0.4) is 0 Å². The van der Waals surface area contributed by atoms with E-state index >= 15 is 0 Å². The highest BCUT2D eigenvalue weighted by Crippen LogP contribution is 2.34. The predicted molar refractivity (Wildman–Crippen MR) is 53.9 cm³/mol. The summed E-state index contributed by atoms with van der Waals surface area (Å²) in [5, 5.41) is 3.37. The molecule has 3 heteroatoms. The maximum Gasteiger partial charge on any atom is 0.226 e.